The summed E-state index contributed by atoms with van der Waals surface area (Å²) in [4.78, 5) is 40.6. The third kappa shape index (κ3) is 4.67. The smallest absolute Gasteiger partial charge is 0.309 e. The lowest BCUT2D eigenvalue weighted by Crippen LogP contribution is -2.47. The van der Waals surface area contributed by atoms with Gasteiger partial charge >= 0.3 is 5.97 Å². The van der Waals surface area contributed by atoms with Gasteiger partial charge in [-0.05, 0) is 37.7 Å². The molecule has 0 aromatic heterocycles. The summed E-state index contributed by atoms with van der Waals surface area (Å²) in [7, 11) is 0. The van der Waals surface area contributed by atoms with Crippen molar-refractivity contribution in [1.29, 1.82) is 0 Å². The van der Waals surface area contributed by atoms with Gasteiger partial charge in [0.15, 0.2) is 0 Å². The van der Waals surface area contributed by atoms with Crippen molar-refractivity contribution < 1.29 is 19.1 Å². The summed E-state index contributed by atoms with van der Waals surface area (Å²) in [6.45, 7) is 5.36. The average Bonchev–Trinajstić information content (AvgIpc) is 3.24. The highest BCUT2D eigenvalue weighted by atomic mass is 16.5. The molecule has 0 bridgehead atoms. The highest BCUT2D eigenvalue weighted by Gasteiger charge is 2.46. The molecule has 27 heavy (non-hydrogen) atoms. The minimum atomic E-state index is -0.383. The fourth-order valence-corrected chi connectivity index (χ4v) is 3.92. The summed E-state index contributed by atoms with van der Waals surface area (Å²) in [6.07, 6.45) is 2.32. The van der Waals surface area contributed by atoms with Crippen LogP contribution in [0.2, 0.25) is 0 Å². The normalized spacial score (nSPS) is 23.8. The van der Waals surface area contributed by atoms with Crippen LogP contribution in [0.25, 0.3) is 0 Å². The van der Waals surface area contributed by atoms with Crippen LogP contribution in [0.5, 0.6) is 0 Å². The van der Waals surface area contributed by atoms with E-state index in [-0.39, 0.29) is 35.7 Å². The molecule has 3 atom stereocenters. The second-order valence-corrected chi connectivity index (χ2v) is 7.43. The Labute approximate surface area is 160 Å². The van der Waals surface area contributed by atoms with Crippen LogP contribution >= 0.6 is 0 Å². The predicted octanol–water partition coefficient (Wildman–Crippen LogP) is 2.23. The Morgan fingerprint density at radius 2 is 1.96 bits per heavy atom. The van der Waals surface area contributed by atoms with Crippen LogP contribution in [0.3, 0.4) is 0 Å². The number of carbonyl (C=O) groups is 3. The number of ether oxygens (including phenoxy) is 1. The predicted molar refractivity (Wildman–Crippen MR) is 100 cm³/mol. The lowest BCUT2D eigenvalue weighted by Gasteiger charge is -2.30. The Balaban J connectivity index is 1.71. The van der Waals surface area contributed by atoms with Gasteiger partial charge in [0, 0.05) is 26.6 Å². The molecule has 0 unspecified atom stereocenters. The Kier molecular flexibility index (Phi) is 6.14. The van der Waals surface area contributed by atoms with E-state index < -0.39 is 0 Å². The topological polar surface area (TPSA) is 66.9 Å². The van der Waals surface area contributed by atoms with E-state index in [1.165, 1.54) is 6.92 Å². The van der Waals surface area contributed by atoms with Crippen molar-refractivity contribution in [1.82, 2.24) is 9.80 Å². The second kappa shape index (κ2) is 8.55. The maximum atomic E-state index is 13.2. The van der Waals surface area contributed by atoms with Gasteiger partial charge in [0.1, 0.15) is 6.04 Å². The van der Waals surface area contributed by atoms with E-state index in [1.807, 2.05) is 35.2 Å². The number of benzene rings is 1. The highest BCUT2D eigenvalue weighted by Crippen LogP contribution is 2.40. The van der Waals surface area contributed by atoms with E-state index in [4.69, 9.17) is 4.74 Å². The fourth-order valence-electron chi connectivity index (χ4n) is 3.92. The zero-order valence-electron chi connectivity index (χ0n) is 16.1. The van der Waals surface area contributed by atoms with Crippen molar-refractivity contribution >= 4 is 17.8 Å². The molecule has 1 aromatic carbocycles. The monoisotopic (exact) mass is 372 g/mol. The van der Waals surface area contributed by atoms with Crippen molar-refractivity contribution in [3.63, 3.8) is 0 Å². The van der Waals surface area contributed by atoms with Gasteiger partial charge in [0.25, 0.3) is 0 Å². The number of hydrogen-bond donors (Lipinski definition) is 0. The van der Waals surface area contributed by atoms with E-state index in [0.717, 1.165) is 18.4 Å². The molecule has 6 heteroatoms. The zero-order chi connectivity index (χ0) is 19.4. The molecule has 2 amide bonds. The van der Waals surface area contributed by atoms with Crippen LogP contribution in [-0.4, -0.2) is 53.3 Å². The van der Waals surface area contributed by atoms with Crippen molar-refractivity contribution in [3.05, 3.63) is 35.9 Å². The molecule has 1 heterocycles. The Hall–Kier alpha value is -2.37. The number of carbonyl (C=O) groups excluding carboxylic acids is 3. The number of esters is 1. The summed E-state index contributed by atoms with van der Waals surface area (Å²) in [6, 6.07) is 9.45. The van der Waals surface area contributed by atoms with E-state index in [2.05, 4.69) is 0 Å². The maximum Gasteiger partial charge on any atom is 0.309 e. The van der Waals surface area contributed by atoms with E-state index in [1.54, 1.807) is 11.8 Å². The van der Waals surface area contributed by atoms with Gasteiger partial charge in [0.2, 0.25) is 11.8 Å². The molecule has 0 N–H and O–H groups in total. The molecular formula is C21H28N2O4. The quantitative estimate of drug-likeness (QED) is 0.689. The first kappa shape index (κ1) is 19.4. The number of nitrogens with zero attached hydrogens (tertiary/aromatic N) is 2. The molecule has 0 radical (unpaired) electrons. The van der Waals surface area contributed by atoms with Gasteiger partial charge < -0.3 is 14.5 Å². The summed E-state index contributed by atoms with van der Waals surface area (Å²) in [5, 5.41) is 0. The molecule has 1 aliphatic heterocycles. The molecule has 2 aliphatic rings. The standard InChI is InChI=1S/C21H28N2O4/c1-3-27-21(26)18-12-17(18)14-22(13-16-8-5-4-6-9-16)20(25)19-10-7-11-23(19)15(2)24/h4-6,8-9,17-19H,3,7,10-14H2,1-2H3/t17-,18+,19+/m1/s1. The fraction of sp³-hybridized carbons (Fsp3) is 0.571. The molecule has 3 rings (SSSR count). The first-order valence-electron chi connectivity index (χ1n) is 9.77. The second-order valence-electron chi connectivity index (χ2n) is 7.43. The van der Waals surface area contributed by atoms with Crippen LogP contribution in [0.4, 0.5) is 0 Å². The number of hydrogen-bond acceptors (Lipinski definition) is 4. The Morgan fingerprint density at radius 3 is 2.63 bits per heavy atom. The molecule has 1 aromatic rings. The van der Waals surface area contributed by atoms with Gasteiger partial charge in [-0.2, -0.15) is 0 Å². The molecule has 2 fully saturated rings. The third-order valence-electron chi connectivity index (χ3n) is 5.44. The van der Waals surface area contributed by atoms with Crippen molar-refractivity contribution in [2.75, 3.05) is 19.7 Å². The molecule has 1 aliphatic carbocycles. The average molecular weight is 372 g/mol. The van der Waals surface area contributed by atoms with Gasteiger partial charge in [-0.1, -0.05) is 30.3 Å². The van der Waals surface area contributed by atoms with Gasteiger partial charge in [-0.25, -0.2) is 0 Å². The van der Waals surface area contributed by atoms with Gasteiger partial charge in [0.05, 0.1) is 12.5 Å². The van der Waals surface area contributed by atoms with Crippen LogP contribution < -0.4 is 0 Å². The highest BCUT2D eigenvalue weighted by molar-refractivity contribution is 5.87. The Morgan fingerprint density at radius 1 is 1.22 bits per heavy atom. The lowest BCUT2D eigenvalue weighted by atomic mass is 10.1. The maximum absolute atomic E-state index is 13.2. The lowest BCUT2D eigenvalue weighted by molar-refractivity contribution is -0.146. The molecule has 146 valence electrons. The van der Waals surface area contributed by atoms with E-state index >= 15 is 0 Å². The summed E-state index contributed by atoms with van der Waals surface area (Å²) >= 11 is 0. The SMILES string of the molecule is CCOC(=O)[C@H]1C[C@@H]1CN(Cc1ccccc1)C(=O)[C@@H]1CCCN1C(C)=O. The molecule has 1 saturated carbocycles. The number of likely N-dealkylation sites (tertiary alicyclic amines) is 1. The van der Waals surface area contributed by atoms with E-state index in [0.29, 0.717) is 32.7 Å². The Bertz CT molecular complexity index is 691. The van der Waals surface area contributed by atoms with Gasteiger partial charge in [-0.15, -0.1) is 0 Å². The van der Waals surface area contributed by atoms with Crippen LogP contribution in [-0.2, 0) is 25.7 Å². The zero-order valence-corrected chi connectivity index (χ0v) is 16.1. The summed E-state index contributed by atoms with van der Waals surface area (Å²) in [5.41, 5.74) is 1.05. The first-order valence-corrected chi connectivity index (χ1v) is 9.77. The number of rotatable bonds is 7. The largest absolute Gasteiger partial charge is 0.466 e. The van der Waals surface area contributed by atoms with E-state index in [9.17, 15) is 14.4 Å². The van der Waals surface area contributed by atoms with Crippen LogP contribution in [0, 0.1) is 11.8 Å². The van der Waals surface area contributed by atoms with Crippen molar-refractivity contribution in [2.45, 2.75) is 45.7 Å². The first-order chi connectivity index (χ1) is 13.0. The minimum Gasteiger partial charge on any atom is -0.466 e. The third-order valence-corrected chi connectivity index (χ3v) is 5.44. The molecule has 6 nitrogen and oxygen atoms in total. The van der Waals surface area contributed by atoms with Crippen molar-refractivity contribution in [3.8, 4) is 0 Å². The molecule has 1 saturated heterocycles. The van der Waals surface area contributed by atoms with Crippen LogP contribution in [0.1, 0.15) is 38.7 Å². The molecular weight excluding hydrogens is 344 g/mol. The minimum absolute atomic E-state index is 0.0129. The van der Waals surface area contributed by atoms with Gasteiger partial charge in [-0.3, -0.25) is 14.4 Å². The van der Waals surface area contributed by atoms with Crippen molar-refractivity contribution in [2.24, 2.45) is 11.8 Å². The molecule has 0 spiro atoms. The van der Waals surface area contributed by atoms with Crippen LogP contribution in [0.15, 0.2) is 30.3 Å². The summed E-state index contributed by atoms with van der Waals surface area (Å²) < 4.78 is 5.11. The summed E-state index contributed by atoms with van der Waals surface area (Å²) in [5.74, 6) is -0.198. The number of amides is 2.